The van der Waals surface area contributed by atoms with Gasteiger partial charge in [-0.15, -0.1) is 0 Å². The number of thioether (sulfide) groups is 1. The van der Waals surface area contributed by atoms with Crippen LogP contribution in [-0.2, 0) is 0 Å². The summed E-state index contributed by atoms with van der Waals surface area (Å²) in [6.07, 6.45) is 4.54. The second kappa shape index (κ2) is 11.5. The van der Waals surface area contributed by atoms with Crippen molar-refractivity contribution in [1.82, 2.24) is 10.2 Å². The van der Waals surface area contributed by atoms with Crippen LogP contribution in [0, 0.1) is 0 Å². The van der Waals surface area contributed by atoms with Crippen molar-refractivity contribution in [3.63, 3.8) is 0 Å². The highest BCUT2D eigenvalue weighted by Gasteiger charge is 2.30. The molecule has 0 amide bonds. The summed E-state index contributed by atoms with van der Waals surface area (Å²) in [7, 11) is 6.47. The molecule has 5 heteroatoms. The van der Waals surface area contributed by atoms with Gasteiger partial charge in [-0.05, 0) is 69.9 Å². The van der Waals surface area contributed by atoms with Crippen LogP contribution in [0.5, 0.6) is 0 Å². The van der Waals surface area contributed by atoms with Gasteiger partial charge >= 0.3 is 0 Å². The largest absolute Gasteiger partial charge is 0.338 e. The molecule has 0 saturated carbocycles. The fourth-order valence-electron chi connectivity index (χ4n) is 5.37. The normalized spacial score (nSPS) is 15.1. The molecule has 0 radical (unpaired) electrons. The molecule has 4 nitrogen and oxygen atoms in total. The molecule has 1 unspecified atom stereocenters. The van der Waals surface area contributed by atoms with Gasteiger partial charge in [0.05, 0.1) is 22.1 Å². The Labute approximate surface area is 225 Å². The summed E-state index contributed by atoms with van der Waals surface area (Å²) in [4.78, 5) is 6.14. The highest BCUT2D eigenvalue weighted by molar-refractivity contribution is 8.03. The zero-order valence-electron chi connectivity index (χ0n) is 22.3. The summed E-state index contributed by atoms with van der Waals surface area (Å²) in [6.45, 7) is 4.38. The minimum atomic E-state index is 0.296. The highest BCUT2D eigenvalue weighted by atomic mass is 32.2. The van der Waals surface area contributed by atoms with Gasteiger partial charge in [0, 0.05) is 36.2 Å². The first-order chi connectivity index (χ1) is 18.1. The van der Waals surface area contributed by atoms with E-state index in [-0.39, 0.29) is 0 Å². The molecule has 0 aliphatic carbocycles. The minimum absolute atomic E-state index is 0.296. The van der Waals surface area contributed by atoms with Gasteiger partial charge in [0.15, 0.2) is 0 Å². The number of anilines is 1. The molecule has 1 atom stereocenters. The molecule has 3 aromatic carbocycles. The van der Waals surface area contributed by atoms with Crippen LogP contribution in [0.4, 0.5) is 5.69 Å². The van der Waals surface area contributed by atoms with Crippen molar-refractivity contribution < 1.29 is 4.57 Å². The summed E-state index contributed by atoms with van der Waals surface area (Å²) in [5.41, 5.74) is 6.31. The van der Waals surface area contributed by atoms with E-state index < -0.39 is 0 Å². The maximum Gasteiger partial charge on any atom is 0.219 e. The van der Waals surface area contributed by atoms with Crippen molar-refractivity contribution in [2.45, 2.75) is 30.7 Å². The molecule has 37 heavy (non-hydrogen) atoms. The molecule has 2 heterocycles. The highest BCUT2D eigenvalue weighted by Crippen LogP contribution is 2.45. The predicted octanol–water partition coefficient (Wildman–Crippen LogP) is 6.65. The smallest absolute Gasteiger partial charge is 0.219 e. The molecular formula is C32H37N4S+. The third-order valence-electron chi connectivity index (χ3n) is 7.28. The summed E-state index contributed by atoms with van der Waals surface area (Å²) in [6, 6.07) is 31.0. The number of fused-ring (bicyclic) bond motifs is 2. The van der Waals surface area contributed by atoms with E-state index in [1.165, 1.54) is 43.5 Å². The number of benzene rings is 3. The molecule has 0 bridgehead atoms. The number of para-hydroxylation sites is 3. The maximum atomic E-state index is 3.30. The van der Waals surface area contributed by atoms with E-state index in [0.717, 1.165) is 25.9 Å². The van der Waals surface area contributed by atoms with E-state index >= 15 is 0 Å². The number of pyridine rings is 1. The first-order valence-electron chi connectivity index (χ1n) is 13.2. The van der Waals surface area contributed by atoms with Crippen molar-refractivity contribution in [3.8, 4) is 5.69 Å². The SMILES string of the molecule is CCC(c1cc(/C=C2/Sc3ccccc3N2C)c2ccccc2[n+]1-c1ccccc1)N(C)CCCNC. The van der Waals surface area contributed by atoms with Crippen molar-refractivity contribution in [3.05, 3.63) is 101 Å². The van der Waals surface area contributed by atoms with E-state index in [1.807, 2.05) is 18.8 Å². The first kappa shape index (κ1) is 25.5. The molecule has 0 saturated heterocycles. The molecule has 1 N–H and O–H groups in total. The fourth-order valence-corrected chi connectivity index (χ4v) is 6.47. The summed E-state index contributed by atoms with van der Waals surface area (Å²) >= 11 is 1.85. The molecule has 1 aliphatic heterocycles. The zero-order chi connectivity index (χ0) is 25.8. The first-order valence-corrected chi connectivity index (χ1v) is 14.0. The van der Waals surface area contributed by atoms with Gasteiger partial charge in [0.1, 0.15) is 0 Å². The van der Waals surface area contributed by atoms with Crippen LogP contribution in [0.25, 0.3) is 22.7 Å². The van der Waals surface area contributed by atoms with Crippen LogP contribution in [0.1, 0.15) is 37.1 Å². The van der Waals surface area contributed by atoms with Gasteiger partial charge in [0.2, 0.25) is 16.9 Å². The minimum Gasteiger partial charge on any atom is -0.338 e. The van der Waals surface area contributed by atoms with Crippen LogP contribution < -0.4 is 14.8 Å². The van der Waals surface area contributed by atoms with Gasteiger partial charge in [-0.25, -0.2) is 0 Å². The van der Waals surface area contributed by atoms with Gasteiger partial charge < -0.3 is 10.2 Å². The molecule has 5 rings (SSSR count). The van der Waals surface area contributed by atoms with Crippen LogP contribution in [0.3, 0.4) is 0 Å². The average Bonchev–Trinajstić information content (AvgIpc) is 3.25. The van der Waals surface area contributed by atoms with E-state index in [1.54, 1.807) is 0 Å². The third kappa shape index (κ3) is 5.17. The molecular weight excluding hydrogens is 472 g/mol. The number of hydrogen-bond donors (Lipinski definition) is 1. The molecule has 0 fully saturated rings. The number of rotatable bonds is 9. The molecule has 1 aliphatic rings. The molecule has 4 aromatic rings. The Kier molecular flexibility index (Phi) is 7.94. The van der Waals surface area contributed by atoms with Crippen LogP contribution in [0.15, 0.2) is 94.9 Å². The second-order valence-corrected chi connectivity index (χ2v) is 10.7. The van der Waals surface area contributed by atoms with E-state index in [2.05, 4.69) is 132 Å². The van der Waals surface area contributed by atoms with Gasteiger partial charge in [-0.1, -0.05) is 61.2 Å². The fraction of sp³-hybridized carbons (Fsp3) is 0.281. The van der Waals surface area contributed by atoms with E-state index in [0.29, 0.717) is 6.04 Å². The standard InChI is InChI=1S/C32H37N4S/c1-5-27(34(3)21-13-20-33-2)30-22-24(23-32-35(4)29-18-11-12-19-31(29)37-32)26-16-9-10-17-28(26)36(30)25-14-7-6-8-15-25/h6-12,14-19,22-23,27,33H,5,13,20-21H2,1-4H3/q+1. The molecule has 190 valence electrons. The maximum absolute atomic E-state index is 3.30. The average molecular weight is 510 g/mol. The van der Waals surface area contributed by atoms with Gasteiger partial charge in [-0.3, -0.25) is 4.90 Å². The molecule has 1 aromatic heterocycles. The number of aromatic nitrogens is 1. The number of nitrogens with zero attached hydrogens (tertiary/aromatic N) is 3. The van der Waals surface area contributed by atoms with Crippen LogP contribution in [0.2, 0.25) is 0 Å². The van der Waals surface area contributed by atoms with Crippen molar-refractivity contribution in [2.75, 3.05) is 39.1 Å². The summed E-state index contributed by atoms with van der Waals surface area (Å²) < 4.78 is 2.47. The summed E-state index contributed by atoms with van der Waals surface area (Å²) in [5, 5.41) is 5.81. The molecule has 0 spiro atoms. The Hall–Kier alpha value is -3.12. The topological polar surface area (TPSA) is 22.4 Å². The number of hydrogen-bond acceptors (Lipinski definition) is 4. The van der Waals surface area contributed by atoms with Gasteiger partial charge in [-0.2, -0.15) is 4.57 Å². The Morgan fingerprint density at radius 1 is 1.00 bits per heavy atom. The quantitative estimate of drug-likeness (QED) is 0.201. The predicted molar refractivity (Wildman–Crippen MR) is 158 cm³/mol. The Bertz CT molecular complexity index is 1400. The van der Waals surface area contributed by atoms with Gasteiger partial charge in [0.25, 0.3) is 0 Å². The Morgan fingerprint density at radius 2 is 1.73 bits per heavy atom. The second-order valence-electron chi connectivity index (χ2n) is 9.69. The number of nitrogens with one attached hydrogen (secondary N) is 1. The van der Waals surface area contributed by atoms with Crippen molar-refractivity contribution in [1.29, 1.82) is 0 Å². The van der Waals surface area contributed by atoms with Crippen LogP contribution >= 0.6 is 11.8 Å². The lowest BCUT2D eigenvalue weighted by Gasteiger charge is -2.26. The lowest BCUT2D eigenvalue weighted by Crippen LogP contribution is -2.42. The lowest BCUT2D eigenvalue weighted by molar-refractivity contribution is -0.580. The van der Waals surface area contributed by atoms with Crippen molar-refractivity contribution in [2.24, 2.45) is 0 Å². The third-order valence-corrected chi connectivity index (χ3v) is 8.45. The lowest BCUT2D eigenvalue weighted by atomic mass is 10.0. The van der Waals surface area contributed by atoms with E-state index in [9.17, 15) is 0 Å². The Balaban J connectivity index is 1.69. The zero-order valence-corrected chi connectivity index (χ0v) is 23.1. The Morgan fingerprint density at radius 3 is 2.49 bits per heavy atom. The summed E-state index contributed by atoms with van der Waals surface area (Å²) in [5.74, 6) is 0. The monoisotopic (exact) mass is 509 g/mol. The van der Waals surface area contributed by atoms with Crippen molar-refractivity contribution >= 4 is 34.4 Å². The van der Waals surface area contributed by atoms with E-state index in [4.69, 9.17) is 0 Å². The van der Waals surface area contributed by atoms with Crippen LogP contribution in [-0.4, -0.2) is 39.1 Å².